The molecule has 45 heavy (non-hydrogen) atoms. The molecule has 2 aliphatic heterocycles. The van der Waals surface area contributed by atoms with E-state index in [1.54, 1.807) is 23.2 Å². The number of likely N-dealkylation sites (tertiary alicyclic amines) is 1. The van der Waals surface area contributed by atoms with Crippen molar-refractivity contribution in [2.24, 2.45) is 0 Å². The summed E-state index contributed by atoms with van der Waals surface area (Å²) in [4.78, 5) is 32.7. The van der Waals surface area contributed by atoms with E-state index < -0.39 is 5.82 Å². The van der Waals surface area contributed by atoms with Gasteiger partial charge in [-0.3, -0.25) is 9.69 Å². The fourth-order valence-electron chi connectivity index (χ4n) is 6.28. The van der Waals surface area contributed by atoms with Gasteiger partial charge in [0, 0.05) is 47.4 Å². The molecule has 0 atom stereocenters. The molecule has 6 rings (SSSR count). The molecular formula is C31H32ClFN8O3S. The van der Waals surface area contributed by atoms with Crippen LogP contribution in [0.1, 0.15) is 49.0 Å². The van der Waals surface area contributed by atoms with Gasteiger partial charge in [0.05, 0.1) is 41.8 Å². The molecule has 0 unspecified atom stereocenters. The first-order valence-electron chi connectivity index (χ1n) is 14.8. The number of nitriles is 1. The van der Waals surface area contributed by atoms with E-state index in [-0.39, 0.29) is 58.1 Å². The lowest BCUT2D eigenvalue weighted by Gasteiger charge is -2.41. The second-order valence-electron chi connectivity index (χ2n) is 11.4. The van der Waals surface area contributed by atoms with E-state index in [0.717, 1.165) is 17.5 Å². The molecule has 0 aliphatic carbocycles. The van der Waals surface area contributed by atoms with E-state index in [1.165, 1.54) is 28.3 Å². The first-order valence-corrected chi connectivity index (χ1v) is 16.0. The molecule has 4 heterocycles. The van der Waals surface area contributed by atoms with E-state index in [2.05, 4.69) is 21.3 Å². The number of halogens is 2. The number of ether oxygens (including phenoxy) is 1. The highest BCUT2D eigenvalue weighted by Crippen LogP contribution is 2.46. The first kappa shape index (κ1) is 30.8. The number of amides is 2. The number of carbonyl (C=O) groups is 2. The van der Waals surface area contributed by atoms with Crippen LogP contribution in [0.25, 0.3) is 21.2 Å². The fourth-order valence-corrected chi connectivity index (χ4v) is 7.57. The molecule has 0 spiro atoms. The van der Waals surface area contributed by atoms with Gasteiger partial charge in [-0.05, 0) is 50.8 Å². The maximum atomic E-state index is 16.0. The number of rotatable bonds is 5. The Kier molecular flexibility index (Phi) is 8.63. The van der Waals surface area contributed by atoms with Crippen molar-refractivity contribution < 1.29 is 18.7 Å². The van der Waals surface area contributed by atoms with Crippen LogP contribution in [0.5, 0.6) is 5.75 Å². The Hall–Kier alpha value is -4.25. The number of hydrogen-bond acceptors (Lipinski definition) is 9. The second kappa shape index (κ2) is 12.6. The molecule has 0 bridgehead atoms. The summed E-state index contributed by atoms with van der Waals surface area (Å²) in [6.45, 7) is 6.38. The highest BCUT2D eigenvalue weighted by molar-refractivity contribution is 7.23. The average molecular weight is 651 g/mol. The maximum Gasteiger partial charge on any atom is 0.346 e. The van der Waals surface area contributed by atoms with E-state index >= 15 is 4.39 Å². The summed E-state index contributed by atoms with van der Waals surface area (Å²) in [6, 6.07) is 8.35. The summed E-state index contributed by atoms with van der Waals surface area (Å²) < 4.78 is 23.9. The number of aromatic nitrogens is 3. The monoisotopic (exact) mass is 650 g/mol. The third-order valence-corrected chi connectivity index (χ3v) is 9.70. The van der Waals surface area contributed by atoms with Crippen LogP contribution in [0, 0.1) is 17.1 Å². The van der Waals surface area contributed by atoms with Crippen molar-refractivity contribution in [1.82, 2.24) is 29.7 Å². The minimum absolute atomic E-state index is 0.0195. The van der Waals surface area contributed by atoms with Gasteiger partial charge in [0.2, 0.25) is 0 Å². The van der Waals surface area contributed by atoms with E-state index in [0.29, 0.717) is 48.7 Å². The van der Waals surface area contributed by atoms with Gasteiger partial charge in [-0.15, -0.1) is 16.4 Å². The SMILES string of the molecule is CC(C)N(C(=O)n1ccnn1)C1CCN(CN2CCCOc3c(cc(F)c(-c4cccc5sc(N)c(C#N)c45)c3Cl)C2=O)CC1. The zero-order valence-electron chi connectivity index (χ0n) is 24.9. The van der Waals surface area contributed by atoms with Crippen molar-refractivity contribution in [3.8, 4) is 22.9 Å². The van der Waals surface area contributed by atoms with E-state index in [9.17, 15) is 14.9 Å². The summed E-state index contributed by atoms with van der Waals surface area (Å²) >= 11 is 8.08. The van der Waals surface area contributed by atoms with Crippen molar-refractivity contribution in [3.63, 3.8) is 0 Å². The number of nitrogens with zero attached hydrogens (tertiary/aromatic N) is 7. The van der Waals surface area contributed by atoms with Gasteiger partial charge in [-0.25, -0.2) is 9.18 Å². The number of benzene rings is 2. The molecular weight excluding hydrogens is 619 g/mol. The standard InChI is InChI=1S/C31H32ClFN8O3S/c1-18(2)41(31(43)40-13-9-36-37-40)19-7-11-38(12-8-19)17-39-10-4-14-44-28-21(30(39)42)15-23(33)26(27(28)32)20-5-3-6-24-25(20)22(16-34)29(35)45-24/h3,5-6,9,13,15,18-19H,4,7-8,10-12,14,17,35H2,1-2H3. The summed E-state index contributed by atoms with van der Waals surface area (Å²) in [5, 5.41) is 18.2. The number of piperidine rings is 1. The second-order valence-corrected chi connectivity index (χ2v) is 12.9. The van der Waals surface area contributed by atoms with Gasteiger partial charge >= 0.3 is 6.03 Å². The van der Waals surface area contributed by atoms with Crippen molar-refractivity contribution in [2.45, 2.75) is 45.2 Å². The van der Waals surface area contributed by atoms with Crippen LogP contribution >= 0.6 is 22.9 Å². The fraction of sp³-hybridized carbons (Fsp3) is 0.387. The van der Waals surface area contributed by atoms with Crippen molar-refractivity contribution in [3.05, 3.63) is 58.6 Å². The Labute approximate surface area is 268 Å². The van der Waals surface area contributed by atoms with Crippen LogP contribution in [0.15, 0.2) is 36.7 Å². The lowest BCUT2D eigenvalue weighted by Crippen LogP contribution is -2.53. The van der Waals surface area contributed by atoms with E-state index in [4.69, 9.17) is 22.1 Å². The molecule has 1 fully saturated rings. The third kappa shape index (κ3) is 5.69. The molecule has 0 radical (unpaired) electrons. The summed E-state index contributed by atoms with van der Waals surface area (Å²) in [6.07, 6.45) is 5.05. The van der Waals surface area contributed by atoms with Gasteiger partial charge in [0.25, 0.3) is 5.91 Å². The van der Waals surface area contributed by atoms with E-state index in [1.807, 2.05) is 24.8 Å². The molecule has 14 heteroatoms. The Bertz CT molecular complexity index is 1800. The lowest BCUT2D eigenvalue weighted by atomic mass is 9.96. The Morgan fingerprint density at radius 2 is 2.07 bits per heavy atom. The van der Waals surface area contributed by atoms with Gasteiger partial charge in [-0.1, -0.05) is 28.9 Å². The Morgan fingerprint density at radius 1 is 1.29 bits per heavy atom. The number of carbonyl (C=O) groups excluding carboxylic acids is 2. The van der Waals surface area contributed by atoms with Crippen LogP contribution < -0.4 is 10.5 Å². The molecule has 0 saturated carbocycles. The van der Waals surface area contributed by atoms with Crippen LogP contribution in [-0.4, -0.2) is 86.6 Å². The first-order chi connectivity index (χ1) is 21.7. The smallest absolute Gasteiger partial charge is 0.346 e. The largest absolute Gasteiger partial charge is 0.491 e. The third-order valence-electron chi connectivity index (χ3n) is 8.35. The van der Waals surface area contributed by atoms with Crippen molar-refractivity contribution >= 4 is 50.0 Å². The highest BCUT2D eigenvalue weighted by atomic mass is 35.5. The molecule has 234 valence electrons. The quantitative estimate of drug-likeness (QED) is 0.302. The summed E-state index contributed by atoms with van der Waals surface area (Å²) in [5.41, 5.74) is 6.88. The molecule has 2 N–H and O–H groups in total. The van der Waals surface area contributed by atoms with Crippen LogP contribution in [-0.2, 0) is 0 Å². The molecule has 11 nitrogen and oxygen atoms in total. The van der Waals surface area contributed by atoms with Crippen LogP contribution in [0.2, 0.25) is 5.02 Å². The van der Waals surface area contributed by atoms with Gasteiger partial charge in [0.15, 0.2) is 5.75 Å². The highest BCUT2D eigenvalue weighted by Gasteiger charge is 2.34. The predicted molar refractivity (Wildman–Crippen MR) is 170 cm³/mol. The zero-order chi connectivity index (χ0) is 31.8. The molecule has 2 aromatic carbocycles. The topological polar surface area (TPSA) is 134 Å². The summed E-state index contributed by atoms with van der Waals surface area (Å²) in [5.74, 6) is -0.941. The van der Waals surface area contributed by atoms with Gasteiger partial charge in [0.1, 0.15) is 16.9 Å². The number of nitrogen functional groups attached to an aromatic ring is 1. The number of hydrogen-bond donors (Lipinski definition) is 1. The minimum atomic E-state index is -0.691. The number of anilines is 1. The van der Waals surface area contributed by atoms with Crippen LogP contribution in [0.3, 0.4) is 0 Å². The Balaban J connectivity index is 1.23. The number of thiophene rings is 1. The summed E-state index contributed by atoms with van der Waals surface area (Å²) in [7, 11) is 0. The molecule has 2 aromatic heterocycles. The molecule has 1 saturated heterocycles. The number of fused-ring (bicyclic) bond motifs is 2. The van der Waals surface area contributed by atoms with Gasteiger partial charge < -0.3 is 20.3 Å². The molecule has 2 amide bonds. The number of nitrogens with two attached hydrogens (primary N) is 1. The Morgan fingerprint density at radius 3 is 2.76 bits per heavy atom. The predicted octanol–water partition coefficient (Wildman–Crippen LogP) is 5.43. The van der Waals surface area contributed by atoms with Crippen molar-refractivity contribution in [1.29, 1.82) is 5.26 Å². The van der Waals surface area contributed by atoms with Crippen LogP contribution in [0.4, 0.5) is 14.2 Å². The van der Waals surface area contributed by atoms with Gasteiger partial charge in [-0.2, -0.15) is 9.94 Å². The molecule has 4 aromatic rings. The van der Waals surface area contributed by atoms with Crippen molar-refractivity contribution in [2.75, 3.05) is 38.6 Å². The lowest BCUT2D eigenvalue weighted by molar-refractivity contribution is 0.0465. The zero-order valence-corrected chi connectivity index (χ0v) is 26.4. The normalized spacial score (nSPS) is 16.3. The minimum Gasteiger partial charge on any atom is -0.491 e. The molecule has 2 aliphatic rings. The average Bonchev–Trinajstić information content (AvgIpc) is 3.67. The maximum absolute atomic E-state index is 16.0.